The summed E-state index contributed by atoms with van der Waals surface area (Å²) in [5.74, 6) is -0.0377. The highest BCUT2D eigenvalue weighted by Crippen LogP contribution is 2.30. The molecule has 0 bridgehead atoms. The van der Waals surface area contributed by atoms with Gasteiger partial charge in [0.15, 0.2) is 0 Å². The van der Waals surface area contributed by atoms with Crippen LogP contribution in [0.15, 0.2) is 56.9 Å². The van der Waals surface area contributed by atoms with Crippen molar-refractivity contribution in [2.75, 3.05) is 18.0 Å². The zero-order valence-electron chi connectivity index (χ0n) is 16.1. The number of carbonyl (C=O) groups excluding carboxylic acids is 1. The SMILES string of the molecule is COc1ccc(S(=O)(=O)N(CC(=O)NN=C(C)C)c2ccc(C)cc2)cc1Br. The van der Waals surface area contributed by atoms with Crippen molar-refractivity contribution in [2.24, 2.45) is 5.10 Å². The summed E-state index contributed by atoms with van der Waals surface area (Å²) < 4.78 is 33.3. The van der Waals surface area contributed by atoms with Crippen LogP contribution in [0, 0.1) is 6.92 Å². The molecule has 0 saturated carbocycles. The second-order valence-electron chi connectivity index (χ2n) is 6.24. The van der Waals surface area contributed by atoms with Crippen LogP contribution in [0.2, 0.25) is 0 Å². The van der Waals surface area contributed by atoms with Crippen molar-refractivity contribution in [2.45, 2.75) is 25.7 Å². The number of hydrogen-bond acceptors (Lipinski definition) is 5. The van der Waals surface area contributed by atoms with Gasteiger partial charge in [0, 0.05) is 5.71 Å². The van der Waals surface area contributed by atoms with Crippen molar-refractivity contribution in [3.63, 3.8) is 0 Å². The molecule has 150 valence electrons. The number of methoxy groups -OCH3 is 1. The van der Waals surface area contributed by atoms with Crippen LogP contribution < -0.4 is 14.5 Å². The Balaban J connectivity index is 2.47. The third-order valence-corrected chi connectivity index (χ3v) is 6.11. The van der Waals surface area contributed by atoms with Crippen LogP contribution in [0.25, 0.3) is 0 Å². The Morgan fingerprint density at radius 3 is 2.36 bits per heavy atom. The lowest BCUT2D eigenvalue weighted by atomic mass is 10.2. The predicted molar refractivity (Wildman–Crippen MR) is 113 cm³/mol. The molecule has 0 aliphatic rings. The smallest absolute Gasteiger partial charge is 0.264 e. The normalized spacial score (nSPS) is 10.9. The van der Waals surface area contributed by atoms with Crippen LogP contribution in [-0.4, -0.2) is 33.7 Å². The van der Waals surface area contributed by atoms with Crippen LogP contribution in [0.5, 0.6) is 5.75 Å². The highest BCUT2D eigenvalue weighted by Gasteiger charge is 2.28. The maximum Gasteiger partial charge on any atom is 0.264 e. The number of amides is 1. The molecule has 0 aliphatic carbocycles. The molecule has 0 aliphatic heterocycles. The van der Waals surface area contributed by atoms with Crippen molar-refractivity contribution in [3.05, 3.63) is 52.5 Å². The molecular formula is C19H22BrN3O4S. The van der Waals surface area contributed by atoms with Gasteiger partial charge in [0.05, 0.1) is 22.2 Å². The third-order valence-electron chi connectivity index (χ3n) is 3.72. The number of ether oxygens (including phenoxy) is 1. The summed E-state index contributed by atoms with van der Waals surface area (Å²) in [5, 5.41) is 3.85. The average molecular weight is 468 g/mol. The topological polar surface area (TPSA) is 88.1 Å². The minimum Gasteiger partial charge on any atom is -0.496 e. The summed E-state index contributed by atoms with van der Waals surface area (Å²) in [5.41, 5.74) is 4.37. The van der Waals surface area contributed by atoms with Crippen molar-refractivity contribution < 1.29 is 17.9 Å². The molecule has 28 heavy (non-hydrogen) atoms. The van der Waals surface area contributed by atoms with E-state index in [0.717, 1.165) is 9.87 Å². The molecule has 2 rings (SSSR count). The molecule has 0 spiro atoms. The van der Waals surface area contributed by atoms with Crippen molar-refractivity contribution in [3.8, 4) is 5.75 Å². The fourth-order valence-electron chi connectivity index (χ4n) is 2.30. The van der Waals surface area contributed by atoms with Crippen LogP contribution in [-0.2, 0) is 14.8 Å². The number of halogens is 1. The minimum absolute atomic E-state index is 0.0312. The summed E-state index contributed by atoms with van der Waals surface area (Å²) in [6.07, 6.45) is 0. The van der Waals surface area contributed by atoms with Gasteiger partial charge in [0.1, 0.15) is 12.3 Å². The van der Waals surface area contributed by atoms with Crippen LogP contribution in [0.3, 0.4) is 0 Å². The van der Waals surface area contributed by atoms with Crippen LogP contribution in [0.1, 0.15) is 19.4 Å². The fourth-order valence-corrected chi connectivity index (χ4v) is 4.44. The summed E-state index contributed by atoms with van der Waals surface area (Å²) in [7, 11) is -2.52. The van der Waals surface area contributed by atoms with Gasteiger partial charge in [-0.05, 0) is 67.0 Å². The van der Waals surface area contributed by atoms with Gasteiger partial charge < -0.3 is 4.74 Å². The molecular weight excluding hydrogens is 446 g/mol. The molecule has 0 heterocycles. The number of rotatable bonds is 7. The largest absolute Gasteiger partial charge is 0.496 e. The molecule has 7 nitrogen and oxygen atoms in total. The molecule has 2 aromatic carbocycles. The summed E-state index contributed by atoms with van der Waals surface area (Å²) in [6, 6.07) is 11.3. The molecule has 1 amide bonds. The molecule has 1 N–H and O–H groups in total. The highest BCUT2D eigenvalue weighted by atomic mass is 79.9. The number of sulfonamides is 1. The highest BCUT2D eigenvalue weighted by molar-refractivity contribution is 9.10. The number of aryl methyl sites for hydroxylation is 1. The van der Waals surface area contributed by atoms with E-state index in [-0.39, 0.29) is 4.90 Å². The molecule has 0 atom stereocenters. The molecule has 0 unspecified atom stereocenters. The van der Waals surface area contributed by atoms with Gasteiger partial charge in [-0.2, -0.15) is 5.10 Å². The van der Waals surface area contributed by atoms with E-state index in [4.69, 9.17) is 4.74 Å². The standard InChI is InChI=1S/C19H22BrN3O4S/c1-13(2)21-22-19(24)12-23(15-7-5-14(3)6-8-15)28(25,26)16-9-10-18(27-4)17(20)11-16/h5-11H,12H2,1-4H3,(H,22,24). The molecule has 0 aromatic heterocycles. The second kappa shape index (κ2) is 9.20. The van der Waals surface area contributed by atoms with E-state index in [1.807, 2.05) is 6.92 Å². The number of carbonyl (C=O) groups is 1. The van der Waals surface area contributed by atoms with Crippen LogP contribution in [0.4, 0.5) is 5.69 Å². The Bertz CT molecular complexity index is 985. The predicted octanol–water partition coefficient (Wildman–Crippen LogP) is 3.47. The Hall–Kier alpha value is -2.39. The Morgan fingerprint density at radius 1 is 1.18 bits per heavy atom. The lowest BCUT2D eigenvalue weighted by molar-refractivity contribution is -0.119. The Labute approximate surface area is 173 Å². The van der Waals surface area contributed by atoms with Crippen LogP contribution >= 0.6 is 15.9 Å². The van der Waals surface area contributed by atoms with E-state index in [1.54, 1.807) is 44.2 Å². The van der Waals surface area contributed by atoms with Gasteiger partial charge in [-0.1, -0.05) is 17.7 Å². The molecule has 9 heteroatoms. The molecule has 0 fully saturated rings. The quantitative estimate of drug-likeness (QED) is 0.498. The Morgan fingerprint density at radius 2 is 1.82 bits per heavy atom. The van der Waals surface area contributed by atoms with Gasteiger partial charge in [0.2, 0.25) is 0 Å². The van der Waals surface area contributed by atoms with Gasteiger partial charge in [-0.3, -0.25) is 9.10 Å². The van der Waals surface area contributed by atoms with Gasteiger partial charge in [-0.15, -0.1) is 0 Å². The lowest BCUT2D eigenvalue weighted by Gasteiger charge is -2.24. The third kappa shape index (κ3) is 5.32. The molecule has 0 radical (unpaired) electrons. The summed E-state index contributed by atoms with van der Waals surface area (Å²) in [6.45, 7) is 4.94. The first-order valence-corrected chi connectivity index (χ1v) is 10.6. The van der Waals surface area contributed by atoms with Crippen molar-refractivity contribution in [1.29, 1.82) is 0 Å². The second-order valence-corrected chi connectivity index (χ2v) is 8.95. The first-order valence-electron chi connectivity index (χ1n) is 8.38. The zero-order chi connectivity index (χ0) is 20.9. The zero-order valence-corrected chi connectivity index (χ0v) is 18.5. The number of anilines is 1. The number of benzene rings is 2. The van der Waals surface area contributed by atoms with E-state index < -0.39 is 22.5 Å². The van der Waals surface area contributed by atoms with Crippen molar-refractivity contribution in [1.82, 2.24) is 5.43 Å². The van der Waals surface area contributed by atoms with E-state index in [2.05, 4.69) is 26.5 Å². The minimum atomic E-state index is -4.01. The van der Waals surface area contributed by atoms with E-state index in [9.17, 15) is 13.2 Å². The van der Waals surface area contributed by atoms with Gasteiger partial charge >= 0.3 is 0 Å². The molecule has 2 aromatic rings. The van der Waals surface area contributed by atoms with E-state index in [1.165, 1.54) is 19.2 Å². The van der Waals surface area contributed by atoms with E-state index >= 15 is 0 Å². The average Bonchev–Trinajstić information content (AvgIpc) is 2.65. The Kier molecular flexibility index (Phi) is 7.20. The fraction of sp³-hybridized carbons (Fsp3) is 0.263. The van der Waals surface area contributed by atoms with E-state index in [0.29, 0.717) is 21.6 Å². The summed E-state index contributed by atoms with van der Waals surface area (Å²) >= 11 is 3.30. The maximum atomic E-state index is 13.3. The summed E-state index contributed by atoms with van der Waals surface area (Å²) in [4.78, 5) is 12.3. The lowest BCUT2D eigenvalue weighted by Crippen LogP contribution is -2.39. The number of nitrogens with zero attached hydrogens (tertiary/aromatic N) is 2. The monoisotopic (exact) mass is 467 g/mol. The first kappa shape index (κ1) is 21.9. The number of nitrogens with one attached hydrogen (secondary N) is 1. The number of hydrogen-bond donors (Lipinski definition) is 1. The molecule has 0 saturated heterocycles. The van der Waals surface area contributed by atoms with Crippen molar-refractivity contribution >= 4 is 43.3 Å². The maximum absolute atomic E-state index is 13.3. The van der Waals surface area contributed by atoms with Gasteiger partial charge in [0.25, 0.3) is 15.9 Å². The number of hydrazone groups is 1. The first-order chi connectivity index (χ1) is 13.1. The van der Waals surface area contributed by atoms with Gasteiger partial charge in [-0.25, -0.2) is 13.8 Å².